The van der Waals surface area contributed by atoms with Gasteiger partial charge in [-0.3, -0.25) is 0 Å². The number of rotatable bonds is 4. The Balaban J connectivity index is 1.25. The summed E-state index contributed by atoms with van der Waals surface area (Å²) in [5, 5.41) is 43.9. The second-order valence-electron chi connectivity index (χ2n) is 14.8. The number of phenolic OH excluding ortho intramolecular Hbond substituents is 4. The lowest BCUT2D eigenvalue weighted by atomic mass is 9.83. The minimum atomic E-state index is -0.608. The molecule has 0 radical (unpaired) electrons. The third-order valence-corrected chi connectivity index (χ3v) is 11.7. The first-order chi connectivity index (χ1) is 27.3. The number of aromatic nitrogens is 2. The molecule has 9 heteroatoms. The van der Waals surface area contributed by atoms with Gasteiger partial charge in [0.25, 0.3) is 0 Å². The number of carbonyl (C=O) groups excluding carboxylic acids is 1. The number of urea groups is 1. The van der Waals surface area contributed by atoms with Crippen LogP contribution < -0.4 is 0 Å². The summed E-state index contributed by atoms with van der Waals surface area (Å²) in [5.41, 5.74) is 9.27. The molecule has 4 atom stereocenters. The zero-order valence-corrected chi connectivity index (χ0v) is 30.2. The lowest BCUT2D eigenvalue weighted by Gasteiger charge is -2.49. The van der Waals surface area contributed by atoms with Crippen molar-refractivity contribution in [3.63, 3.8) is 0 Å². The fourth-order valence-electron chi connectivity index (χ4n) is 9.11. The maximum absolute atomic E-state index is 16.4. The van der Waals surface area contributed by atoms with E-state index in [9.17, 15) is 20.4 Å². The number of aromatic hydroxyl groups is 4. The molecule has 0 saturated heterocycles. The number of para-hydroxylation sites is 2. The lowest BCUT2D eigenvalue weighted by molar-refractivity contribution is 0.0761. The maximum Gasteiger partial charge on any atom is 0.322 e. The van der Waals surface area contributed by atoms with Crippen LogP contribution in [-0.4, -0.2) is 46.2 Å². The predicted octanol–water partition coefficient (Wildman–Crippen LogP) is 9.67. The van der Waals surface area contributed by atoms with Crippen LogP contribution in [-0.2, 0) is 12.8 Å². The van der Waals surface area contributed by atoms with Gasteiger partial charge >= 0.3 is 6.03 Å². The van der Waals surface area contributed by atoms with E-state index in [4.69, 9.17) is 0 Å². The number of benzene rings is 6. The van der Waals surface area contributed by atoms with Gasteiger partial charge in [0, 0.05) is 33.2 Å². The number of carbonyl (C=O) groups is 1. The van der Waals surface area contributed by atoms with E-state index in [-0.39, 0.29) is 29.0 Å². The highest BCUT2D eigenvalue weighted by molar-refractivity contribution is 5.89. The summed E-state index contributed by atoms with van der Waals surface area (Å²) >= 11 is 0. The number of aromatic amines is 2. The summed E-state index contributed by atoms with van der Waals surface area (Å²) in [4.78, 5) is 27.8. The summed E-state index contributed by atoms with van der Waals surface area (Å²) in [5.74, 6) is 0.507. The van der Waals surface area contributed by atoms with Crippen LogP contribution >= 0.6 is 0 Å². The molecule has 0 saturated carbocycles. The molecule has 56 heavy (non-hydrogen) atoms. The average Bonchev–Trinajstić information content (AvgIpc) is 3.79. The van der Waals surface area contributed by atoms with Crippen LogP contribution in [0.5, 0.6) is 23.0 Å². The molecule has 9 nitrogen and oxygen atoms in total. The first-order valence-corrected chi connectivity index (χ1v) is 18.8. The minimum Gasteiger partial charge on any atom is -0.508 e. The molecular weight excluding hydrogens is 701 g/mol. The minimum absolute atomic E-state index is 0.122. The number of phenols is 4. The van der Waals surface area contributed by atoms with Crippen LogP contribution in [0.15, 0.2) is 146 Å². The van der Waals surface area contributed by atoms with Gasteiger partial charge < -0.3 is 40.2 Å². The molecule has 2 aliphatic heterocycles. The first kappa shape index (κ1) is 33.4. The van der Waals surface area contributed by atoms with Crippen molar-refractivity contribution in [3.05, 3.63) is 190 Å². The Morgan fingerprint density at radius 2 is 0.768 bits per heavy atom. The lowest BCUT2D eigenvalue weighted by Crippen LogP contribution is -2.53. The molecule has 0 bridgehead atoms. The molecule has 4 heterocycles. The highest BCUT2D eigenvalue weighted by Crippen LogP contribution is 2.51. The Bertz CT molecular complexity index is 2550. The van der Waals surface area contributed by atoms with Gasteiger partial charge in [-0.1, -0.05) is 84.9 Å². The summed E-state index contributed by atoms with van der Waals surface area (Å²) in [6.45, 7) is 0. The average molecular weight is 739 g/mol. The van der Waals surface area contributed by atoms with Crippen molar-refractivity contribution in [1.82, 2.24) is 19.8 Å². The summed E-state index contributed by atoms with van der Waals surface area (Å²) in [6.07, 6.45) is 1.01. The first-order valence-electron chi connectivity index (χ1n) is 18.8. The van der Waals surface area contributed by atoms with Crippen molar-refractivity contribution in [3.8, 4) is 23.0 Å². The van der Waals surface area contributed by atoms with E-state index in [2.05, 4.69) is 22.1 Å². The van der Waals surface area contributed by atoms with Gasteiger partial charge in [-0.2, -0.15) is 0 Å². The molecule has 0 aliphatic carbocycles. The van der Waals surface area contributed by atoms with Gasteiger partial charge in [-0.15, -0.1) is 0 Å². The molecule has 10 rings (SSSR count). The highest BCUT2D eigenvalue weighted by Gasteiger charge is 2.48. The number of nitrogens with one attached hydrogen (secondary N) is 2. The molecule has 8 aromatic rings. The Morgan fingerprint density at radius 3 is 1.12 bits per heavy atom. The van der Waals surface area contributed by atoms with Gasteiger partial charge in [0.2, 0.25) is 0 Å². The van der Waals surface area contributed by atoms with E-state index < -0.39 is 24.2 Å². The number of hydrogen-bond donors (Lipinski definition) is 6. The largest absolute Gasteiger partial charge is 0.508 e. The van der Waals surface area contributed by atoms with Crippen LogP contribution in [0.4, 0.5) is 4.79 Å². The third-order valence-electron chi connectivity index (χ3n) is 11.7. The molecule has 6 N–H and O–H groups in total. The summed E-state index contributed by atoms with van der Waals surface area (Å²) in [6, 6.07) is 42.2. The summed E-state index contributed by atoms with van der Waals surface area (Å²) in [7, 11) is 0. The maximum atomic E-state index is 16.4. The van der Waals surface area contributed by atoms with E-state index in [1.807, 2.05) is 94.7 Å². The van der Waals surface area contributed by atoms with Crippen molar-refractivity contribution >= 4 is 27.8 Å². The fourth-order valence-corrected chi connectivity index (χ4v) is 9.11. The SMILES string of the molecule is O=C(N1C(c2ccc(O)cc2)Cc2c([nH]c3ccccc23)C1c1ccc(O)cc1)N1C(c2ccc(O)cc2)Cc2c([nH]c3ccccc23)C1c1ccc(O)cc1. The van der Waals surface area contributed by atoms with Crippen molar-refractivity contribution in [2.75, 3.05) is 0 Å². The van der Waals surface area contributed by atoms with Crippen molar-refractivity contribution in [1.29, 1.82) is 0 Å². The van der Waals surface area contributed by atoms with Gasteiger partial charge in [0.1, 0.15) is 23.0 Å². The second kappa shape index (κ2) is 13.0. The van der Waals surface area contributed by atoms with Gasteiger partial charge in [0.15, 0.2) is 0 Å². The standard InChI is InChI=1S/C47H38N4O5/c52-31-17-9-27(10-18-31)41-25-37-35-5-1-3-7-39(35)48-43(37)45(29-13-21-33(54)22-14-29)50(41)47(56)51-42(28-11-19-32(53)20-12-28)26-38-36-6-2-4-8-40(36)49-44(38)46(51)30-15-23-34(55)24-16-30/h1-24,41-42,45-46,48-49,52-55H,25-26H2. The molecule has 0 spiro atoms. The molecule has 4 unspecified atom stereocenters. The molecule has 6 aromatic carbocycles. The van der Waals surface area contributed by atoms with Crippen LogP contribution in [0.25, 0.3) is 21.8 Å². The van der Waals surface area contributed by atoms with E-state index in [0.717, 1.165) is 66.6 Å². The number of nitrogens with zero attached hydrogens (tertiary/aromatic N) is 2. The van der Waals surface area contributed by atoms with Crippen LogP contribution in [0, 0.1) is 0 Å². The molecule has 2 aliphatic rings. The monoisotopic (exact) mass is 738 g/mol. The van der Waals surface area contributed by atoms with E-state index in [0.29, 0.717) is 12.8 Å². The Kier molecular flexibility index (Phi) is 7.77. The van der Waals surface area contributed by atoms with Crippen LogP contribution in [0.1, 0.15) is 68.9 Å². The zero-order chi connectivity index (χ0) is 38.1. The van der Waals surface area contributed by atoms with Crippen LogP contribution in [0.3, 0.4) is 0 Å². The molecule has 2 amide bonds. The van der Waals surface area contributed by atoms with E-state index in [1.165, 1.54) is 0 Å². The summed E-state index contributed by atoms with van der Waals surface area (Å²) < 4.78 is 0. The zero-order valence-electron chi connectivity index (χ0n) is 30.2. The number of fused-ring (bicyclic) bond motifs is 6. The third kappa shape index (κ3) is 5.42. The quantitative estimate of drug-likeness (QED) is 0.107. The van der Waals surface area contributed by atoms with E-state index >= 15 is 4.79 Å². The smallest absolute Gasteiger partial charge is 0.322 e. The molecular formula is C47H38N4O5. The fraction of sp³-hybridized carbons (Fsp3) is 0.128. The normalized spacial score (nSPS) is 19.2. The van der Waals surface area contributed by atoms with Gasteiger partial charge in [0.05, 0.1) is 24.2 Å². The Hall–Kier alpha value is -7.13. The predicted molar refractivity (Wildman–Crippen MR) is 215 cm³/mol. The highest BCUT2D eigenvalue weighted by atomic mass is 16.3. The Labute approximate surface area is 322 Å². The number of amides is 2. The second-order valence-corrected chi connectivity index (χ2v) is 14.8. The van der Waals surface area contributed by atoms with Gasteiger partial charge in [-0.05, 0) is 107 Å². The van der Waals surface area contributed by atoms with Crippen molar-refractivity contribution in [2.24, 2.45) is 0 Å². The van der Waals surface area contributed by atoms with Crippen LogP contribution in [0.2, 0.25) is 0 Å². The topological polar surface area (TPSA) is 136 Å². The molecule has 276 valence electrons. The number of H-pyrrole nitrogens is 2. The molecule has 0 fully saturated rings. The van der Waals surface area contributed by atoms with E-state index in [1.54, 1.807) is 48.5 Å². The van der Waals surface area contributed by atoms with Crippen molar-refractivity contribution < 1.29 is 25.2 Å². The Morgan fingerprint density at radius 1 is 0.446 bits per heavy atom. The molecule has 2 aromatic heterocycles. The van der Waals surface area contributed by atoms with Crippen molar-refractivity contribution in [2.45, 2.75) is 37.0 Å². The van der Waals surface area contributed by atoms with Gasteiger partial charge in [-0.25, -0.2) is 4.79 Å². The number of hydrogen-bond acceptors (Lipinski definition) is 5.